The Bertz CT molecular complexity index is 701. The molecule has 0 fully saturated rings. The lowest BCUT2D eigenvalue weighted by atomic mass is 10.2. The van der Waals surface area contributed by atoms with Gasteiger partial charge in [-0.25, -0.2) is 0 Å². The van der Waals surface area contributed by atoms with Gasteiger partial charge < -0.3 is 0 Å². The first-order chi connectivity index (χ1) is 8.84. The highest BCUT2D eigenvalue weighted by molar-refractivity contribution is 7.12. The van der Waals surface area contributed by atoms with Crippen LogP contribution in [0.1, 0.15) is 0 Å². The molecule has 0 saturated heterocycles. The van der Waals surface area contributed by atoms with Crippen molar-refractivity contribution in [2.24, 2.45) is 0 Å². The molecule has 0 unspecified atom stereocenters. The van der Waals surface area contributed by atoms with Crippen molar-refractivity contribution in [3.05, 3.63) is 70.3 Å². The maximum absolute atomic E-state index is 11.9. The highest BCUT2D eigenvalue weighted by Gasteiger charge is 2.08. The molecule has 0 saturated carbocycles. The molecule has 0 atom stereocenters. The molecule has 3 aromatic rings. The summed E-state index contributed by atoms with van der Waals surface area (Å²) in [6.07, 6.45) is 0. The van der Waals surface area contributed by atoms with Gasteiger partial charge in [-0.1, -0.05) is 59.9 Å². The van der Waals surface area contributed by atoms with Crippen molar-refractivity contribution >= 4 is 11.3 Å². The van der Waals surface area contributed by atoms with Crippen LogP contribution in [0.4, 0.5) is 0 Å². The minimum Gasteiger partial charge on any atom is -0.255 e. The summed E-state index contributed by atoms with van der Waals surface area (Å²) in [6, 6.07) is 19.2. The fourth-order valence-corrected chi connectivity index (χ4v) is 2.48. The monoisotopic (exact) mass is 254 g/mol. The van der Waals surface area contributed by atoms with Crippen LogP contribution >= 0.6 is 11.3 Å². The number of aromatic nitrogens is 2. The molecule has 0 aliphatic heterocycles. The predicted molar refractivity (Wildman–Crippen MR) is 73.1 cm³/mol. The summed E-state index contributed by atoms with van der Waals surface area (Å²) < 4.78 is 1.44. The zero-order valence-corrected chi connectivity index (χ0v) is 10.3. The van der Waals surface area contributed by atoms with E-state index in [1.54, 1.807) is 0 Å². The third-order valence-electron chi connectivity index (χ3n) is 2.57. The highest BCUT2D eigenvalue weighted by atomic mass is 32.1. The number of nitrogens with zero attached hydrogens (tertiary/aromatic N) is 2. The molecular formula is C14H10N2OS. The molecule has 2 aromatic carbocycles. The topological polar surface area (TPSA) is 34.9 Å². The van der Waals surface area contributed by atoms with Crippen molar-refractivity contribution in [1.29, 1.82) is 0 Å². The summed E-state index contributed by atoms with van der Waals surface area (Å²) in [6.45, 7) is 0. The molecule has 0 aliphatic rings. The summed E-state index contributed by atoms with van der Waals surface area (Å²) in [5, 5.41) is 5.11. The average molecular weight is 254 g/mol. The summed E-state index contributed by atoms with van der Waals surface area (Å²) in [5.41, 5.74) is 1.76. The van der Waals surface area contributed by atoms with E-state index >= 15 is 0 Å². The molecule has 4 heteroatoms. The van der Waals surface area contributed by atoms with Crippen LogP contribution < -0.4 is 4.87 Å². The van der Waals surface area contributed by atoms with Gasteiger partial charge in [-0.2, -0.15) is 9.78 Å². The molecule has 3 rings (SSSR count). The van der Waals surface area contributed by atoms with Crippen LogP contribution in [-0.2, 0) is 0 Å². The standard InChI is InChI=1S/C14H10N2OS/c17-14-16(12-9-5-2-6-10-12)15-13(18-14)11-7-3-1-4-8-11/h1-10H. The fourth-order valence-electron chi connectivity index (χ4n) is 1.71. The predicted octanol–water partition coefficient (Wildman–Crippen LogP) is 2.96. The smallest absolute Gasteiger partial charge is 0.255 e. The molecule has 1 heterocycles. The van der Waals surface area contributed by atoms with Crippen molar-refractivity contribution in [2.75, 3.05) is 0 Å². The summed E-state index contributed by atoms with van der Waals surface area (Å²) >= 11 is 1.16. The van der Waals surface area contributed by atoms with Gasteiger partial charge in [-0.3, -0.25) is 4.79 Å². The first kappa shape index (κ1) is 10.9. The van der Waals surface area contributed by atoms with Crippen LogP contribution in [0.5, 0.6) is 0 Å². The van der Waals surface area contributed by atoms with Crippen molar-refractivity contribution in [3.8, 4) is 16.3 Å². The second kappa shape index (κ2) is 4.58. The minimum atomic E-state index is -0.0694. The quantitative estimate of drug-likeness (QED) is 0.704. The molecule has 1 aromatic heterocycles. The van der Waals surface area contributed by atoms with E-state index in [0.29, 0.717) is 0 Å². The Kier molecular flexibility index (Phi) is 2.78. The Hall–Kier alpha value is -2.20. The van der Waals surface area contributed by atoms with E-state index in [0.717, 1.165) is 27.6 Å². The lowest BCUT2D eigenvalue weighted by Crippen LogP contribution is -2.11. The molecule has 0 spiro atoms. The largest absolute Gasteiger partial charge is 0.330 e. The first-order valence-corrected chi connectivity index (χ1v) is 6.37. The molecule has 88 valence electrons. The van der Waals surface area contributed by atoms with E-state index in [2.05, 4.69) is 5.10 Å². The number of benzene rings is 2. The van der Waals surface area contributed by atoms with E-state index in [1.165, 1.54) is 4.68 Å². The lowest BCUT2D eigenvalue weighted by molar-refractivity contribution is 0.856. The van der Waals surface area contributed by atoms with Crippen molar-refractivity contribution in [1.82, 2.24) is 9.78 Å². The van der Waals surface area contributed by atoms with Crippen LogP contribution in [0.2, 0.25) is 0 Å². The van der Waals surface area contributed by atoms with E-state index in [9.17, 15) is 4.79 Å². The van der Waals surface area contributed by atoms with Gasteiger partial charge in [0.2, 0.25) is 0 Å². The SMILES string of the molecule is O=c1sc(-c2ccccc2)nn1-c1ccccc1. The molecular weight excluding hydrogens is 244 g/mol. The van der Waals surface area contributed by atoms with Crippen LogP contribution in [0.3, 0.4) is 0 Å². The van der Waals surface area contributed by atoms with Gasteiger partial charge in [0.05, 0.1) is 5.69 Å². The van der Waals surface area contributed by atoms with Gasteiger partial charge in [0.15, 0.2) is 0 Å². The highest BCUT2D eigenvalue weighted by Crippen LogP contribution is 2.19. The third-order valence-corrected chi connectivity index (χ3v) is 3.43. The summed E-state index contributed by atoms with van der Waals surface area (Å²) in [7, 11) is 0. The van der Waals surface area contributed by atoms with Crippen LogP contribution in [-0.4, -0.2) is 9.78 Å². The Balaban J connectivity index is 2.10. The zero-order valence-electron chi connectivity index (χ0n) is 9.48. The van der Waals surface area contributed by atoms with Crippen molar-refractivity contribution < 1.29 is 0 Å². The number of para-hydroxylation sites is 1. The molecule has 0 aliphatic carbocycles. The third kappa shape index (κ3) is 1.98. The maximum Gasteiger partial charge on any atom is 0.330 e. The average Bonchev–Trinajstić information content (AvgIpc) is 2.83. The summed E-state index contributed by atoms with van der Waals surface area (Å²) in [4.78, 5) is 11.9. The normalized spacial score (nSPS) is 10.4. The van der Waals surface area contributed by atoms with Gasteiger partial charge in [0.1, 0.15) is 5.01 Å². The molecule has 18 heavy (non-hydrogen) atoms. The Labute approximate surface area is 108 Å². The number of rotatable bonds is 2. The zero-order chi connectivity index (χ0) is 12.4. The van der Waals surface area contributed by atoms with Gasteiger partial charge in [0, 0.05) is 5.56 Å². The van der Waals surface area contributed by atoms with Gasteiger partial charge >= 0.3 is 4.87 Å². The number of hydrogen-bond acceptors (Lipinski definition) is 3. The van der Waals surface area contributed by atoms with E-state index in [4.69, 9.17) is 0 Å². The fraction of sp³-hybridized carbons (Fsp3) is 0. The van der Waals surface area contributed by atoms with Gasteiger partial charge in [0.25, 0.3) is 0 Å². The molecule has 0 radical (unpaired) electrons. The second-order valence-electron chi connectivity index (χ2n) is 3.79. The van der Waals surface area contributed by atoms with Crippen molar-refractivity contribution in [2.45, 2.75) is 0 Å². The Morgan fingerprint density at radius 3 is 2.17 bits per heavy atom. The van der Waals surface area contributed by atoms with Gasteiger partial charge in [-0.05, 0) is 12.1 Å². The Morgan fingerprint density at radius 2 is 1.50 bits per heavy atom. The van der Waals surface area contributed by atoms with E-state index in [-0.39, 0.29) is 4.87 Å². The summed E-state index contributed by atoms with van der Waals surface area (Å²) in [5.74, 6) is 0. The molecule has 3 nitrogen and oxygen atoms in total. The second-order valence-corrected chi connectivity index (χ2v) is 4.73. The van der Waals surface area contributed by atoms with E-state index in [1.807, 2.05) is 60.7 Å². The minimum absolute atomic E-state index is 0.0694. The molecule has 0 bridgehead atoms. The molecule has 0 amide bonds. The van der Waals surface area contributed by atoms with Gasteiger partial charge in [-0.15, -0.1) is 0 Å². The van der Waals surface area contributed by atoms with Crippen molar-refractivity contribution in [3.63, 3.8) is 0 Å². The van der Waals surface area contributed by atoms with E-state index < -0.39 is 0 Å². The number of hydrogen-bond donors (Lipinski definition) is 0. The molecule has 0 N–H and O–H groups in total. The Morgan fingerprint density at radius 1 is 0.889 bits per heavy atom. The lowest BCUT2D eigenvalue weighted by Gasteiger charge is -1.98. The van der Waals surface area contributed by atoms with Crippen LogP contribution in [0.25, 0.3) is 16.3 Å². The van der Waals surface area contributed by atoms with Crippen LogP contribution in [0.15, 0.2) is 65.5 Å². The first-order valence-electron chi connectivity index (χ1n) is 5.55. The maximum atomic E-state index is 11.9. The van der Waals surface area contributed by atoms with Crippen LogP contribution in [0, 0.1) is 0 Å².